The molecule has 7 aromatic carbocycles. The van der Waals surface area contributed by atoms with Gasteiger partial charge in [-0.05, 0) is 106 Å². The fourth-order valence-electron chi connectivity index (χ4n) is 9.98. The summed E-state index contributed by atoms with van der Waals surface area (Å²) in [6.07, 6.45) is 0. The zero-order valence-electron chi connectivity index (χ0n) is 33.4. The Morgan fingerprint density at radius 1 is 0.483 bits per heavy atom. The third kappa shape index (κ3) is 5.13. The van der Waals surface area contributed by atoms with Crippen molar-refractivity contribution in [1.29, 1.82) is 0 Å². The molecule has 11 rings (SSSR count). The van der Waals surface area contributed by atoms with E-state index in [1.165, 1.54) is 22.3 Å². The molecule has 286 valence electrons. The third-order valence-corrected chi connectivity index (χ3v) is 12.9. The molecule has 60 heavy (non-hydrogen) atoms. The Labute approximate surface area is 359 Å². The summed E-state index contributed by atoms with van der Waals surface area (Å²) >= 11 is 10.1. The van der Waals surface area contributed by atoms with Gasteiger partial charge in [0.2, 0.25) is 11.6 Å². The Balaban J connectivity index is 1.24. The molecule has 8 heteroatoms. The highest BCUT2D eigenvalue weighted by Crippen LogP contribution is 2.57. The number of aromatic nitrogens is 2. The van der Waals surface area contributed by atoms with Crippen molar-refractivity contribution >= 4 is 91.3 Å². The van der Waals surface area contributed by atoms with E-state index in [1.807, 2.05) is 0 Å². The number of hydrogen-bond acceptors (Lipinski definition) is 8. The van der Waals surface area contributed by atoms with Crippen molar-refractivity contribution in [3.05, 3.63) is 168 Å². The van der Waals surface area contributed by atoms with Crippen LogP contribution in [0.15, 0.2) is 156 Å². The maximum absolute atomic E-state index is 5.10. The smallest absolute Gasteiger partial charge is 0.209 e. The number of rotatable bonds is 5. The number of thiocarbonyl (C=S) groups is 2. The number of nitrogens with zero attached hydrogens (tertiary/aromatic N) is 6. The second kappa shape index (κ2) is 13.3. The van der Waals surface area contributed by atoms with Gasteiger partial charge in [0.25, 0.3) is 0 Å². The van der Waals surface area contributed by atoms with E-state index in [2.05, 4.69) is 203 Å². The third-order valence-electron chi connectivity index (χ3n) is 12.7. The molecule has 1 aromatic heterocycles. The predicted octanol–water partition coefficient (Wildman–Crippen LogP) is 14.6. The largest absolute Gasteiger partial charge is 0.310 e. The molecule has 0 spiro atoms. The first-order valence-electron chi connectivity index (χ1n) is 20.0. The van der Waals surface area contributed by atoms with Gasteiger partial charge in [0, 0.05) is 38.7 Å². The average molecular weight is 809 g/mol. The van der Waals surface area contributed by atoms with Crippen molar-refractivity contribution in [1.82, 2.24) is 9.97 Å². The van der Waals surface area contributed by atoms with E-state index >= 15 is 0 Å². The summed E-state index contributed by atoms with van der Waals surface area (Å²) < 4.78 is 0. The minimum atomic E-state index is -0.210. The van der Waals surface area contributed by atoms with Gasteiger partial charge in [-0.2, -0.15) is 9.98 Å². The topological polar surface area (TPSA) is 57.0 Å². The van der Waals surface area contributed by atoms with E-state index in [-0.39, 0.29) is 22.5 Å². The lowest BCUT2D eigenvalue weighted by atomic mass is 9.73. The van der Waals surface area contributed by atoms with Crippen molar-refractivity contribution in [3.8, 4) is 33.6 Å². The number of benzene rings is 7. The molecule has 0 saturated heterocycles. The summed E-state index contributed by atoms with van der Waals surface area (Å²) in [4.78, 5) is 23.5. The van der Waals surface area contributed by atoms with Crippen molar-refractivity contribution in [2.45, 2.75) is 38.5 Å². The molecule has 0 amide bonds. The molecule has 3 aliphatic rings. The van der Waals surface area contributed by atoms with Crippen LogP contribution >= 0.6 is 24.4 Å². The highest BCUT2D eigenvalue weighted by atomic mass is 32.1. The van der Waals surface area contributed by atoms with Crippen LogP contribution < -0.4 is 9.80 Å². The summed E-state index contributed by atoms with van der Waals surface area (Å²) in [5, 5.41) is 7.08. The van der Waals surface area contributed by atoms with Gasteiger partial charge in [0.15, 0.2) is 0 Å². The zero-order chi connectivity index (χ0) is 40.9. The van der Waals surface area contributed by atoms with E-state index in [0.717, 1.165) is 67.2 Å². The Kier molecular flexibility index (Phi) is 8.02. The molecule has 0 bridgehead atoms. The monoisotopic (exact) mass is 808 g/mol. The van der Waals surface area contributed by atoms with Gasteiger partial charge in [0.05, 0.1) is 38.8 Å². The molecule has 0 atom stereocenters. The maximum atomic E-state index is 5.10. The number of hydrogen-bond donors (Lipinski definition) is 0. The fourth-order valence-corrected chi connectivity index (χ4v) is 10.2. The summed E-state index contributed by atoms with van der Waals surface area (Å²) in [6.45, 7) is 9.30. The summed E-state index contributed by atoms with van der Waals surface area (Å²) in [6, 6.07) is 53.0. The van der Waals surface area contributed by atoms with Crippen LogP contribution in [0.25, 0.3) is 44.4 Å². The van der Waals surface area contributed by atoms with E-state index in [0.29, 0.717) is 11.4 Å². The van der Waals surface area contributed by atoms with Crippen LogP contribution in [0.4, 0.5) is 45.8 Å². The quantitative estimate of drug-likeness (QED) is 0.127. The van der Waals surface area contributed by atoms with Gasteiger partial charge in [-0.3, -0.25) is 0 Å². The Morgan fingerprint density at radius 3 is 1.40 bits per heavy atom. The van der Waals surface area contributed by atoms with Crippen LogP contribution in [-0.2, 0) is 10.8 Å². The van der Waals surface area contributed by atoms with Crippen molar-refractivity contribution in [3.63, 3.8) is 0 Å². The molecule has 0 radical (unpaired) electrons. The lowest BCUT2D eigenvalue weighted by Crippen LogP contribution is -2.31. The average Bonchev–Trinajstić information content (AvgIpc) is 3.58. The normalized spacial score (nSPS) is 14.5. The van der Waals surface area contributed by atoms with E-state index in [9.17, 15) is 0 Å². The molecule has 2 aliphatic heterocycles. The summed E-state index contributed by atoms with van der Waals surface area (Å²) in [7, 11) is 0. The molecule has 6 nitrogen and oxygen atoms in total. The summed E-state index contributed by atoms with van der Waals surface area (Å²) in [5.41, 5.74) is 16.8. The molecule has 3 heterocycles. The van der Waals surface area contributed by atoms with Crippen LogP contribution in [0.5, 0.6) is 0 Å². The first-order valence-corrected chi connectivity index (χ1v) is 20.8. The molecule has 0 saturated carbocycles. The molecule has 0 unspecified atom stereocenters. The Morgan fingerprint density at radius 2 is 0.933 bits per heavy atom. The van der Waals surface area contributed by atoms with Crippen molar-refractivity contribution < 1.29 is 0 Å². The van der Waals surface area contributed by atoms with E-state index in [4.69, 9.17) is 34.4 Å². The summed E-state index contributed by atoms with van der Waals surface area (Å²) in [5.74, 6) is 0.507. The highest BCUT2D eigenvalue weighted by Gasteiger charge is 2.39. The van der Waals surface area contributed by atoms with Gasteiger partial charge in [-0.1, -0.05) is 131 Å². The molecular formula is C52H36N6S2. The van der Waals surface area contributed by atoms with Gasteiger partial charge >= 0.3 is 0 Å². The molecule has 8 aromatic rings. The van der Waals surface area contributed by atoms with Gasteiger partial charge in [0.1, 0.15) is 5.69 Å². The Bertz CT molecular complexity index is 3040. The molecular weight excluding hydrogens is 773 g/mol. The number of para-hydroxylation sites is 4. The number of isothiocyanates is 2. The second-order valence-corrected chi connectivity index (χ2v) is 17.0. The first-order chi connectivity index (χ1) is 29.2. The molecule has 0 N–H and O–H groups in total. The van der Waals surface area contributed by atoms with Crippen molar-refractivity contribution in [2.75, 3.05) is 9.80 Å². The van der Waals surface area contributed by atoms with E-state index < -0.39 is 0 Å². The van der Waals surface area contributed by atoms with Crippen LogP contribution in [0.1, 0.15) is 49.9 Å². The van der Waals surface area contributed by atoms with Crippen LogP contribution in [0.3, 0.4) is 0 Å². The van der Waals surface area contributed by atoms with E-state index in [1.54, 1.807) is 0 Å². The second-order valence-electron chi connectivity index (χ2n) is 16.6. The lowest BCUT2D eigenvalue weighted by molar-refractivity contribution is 0.631. The predicted molar refractivity (Wildman–Crippen MR) is 252 cm³/mol. The number of aliphatic imine (C=N–C) groups is 2. The van der Waals surface area contributed by atoms with Gasteiger partial charge < -0.3 is 9.80 Å². The van der Waals surface area contributed by atoms with Crippen LogP contribution in [0, 0.1) is 0 Å². The molecule has 1 aliphatic carbocycles. The minimum Gasteiger partial charge on any atom is -0.310 e. The number of fused-ring (bicyclic) bond motifs is 7. The number of anilines is 6. The first kappa shape index (κ1) is 36.2. The molecule has 0 fully saturated rings. The van der Waals surface area contributed by atoms with Gasteiger partial charge in [-0.15, -0.1) is 0 Å². The van der Waals surface area contributed by atoms with Crippen LogP contribution in [-0.4, -0.2) is 20.3 Å². The Hall–Kier alpha value is -6.92. The SMILES string of the molecule is CC1(C)c2ccccc2N(c2cc(-c3ccc4cccc5c4c3-c3nc(N=C=S)c(N=C=S)nc3-5)cc(N3c4ccccc4C(C)(C)c4ccccc43)c2)c2ccccc21. The minimum absolute atomic E-state index is 0.210. The fraction of sp³-hybridized carbons (Fsp3) is 0.115. The van der Waals surface area contributed by atoms with Gasteiger partial charge in [-0.25, -0.2) is 9.97 Å². The van der Waals surface area contributed by atoms with Crippen molar-refractivity contribution in [2.24, 2.45) is 9.98 Å². The zero-order valence-corrected chi connectivity index (χ0v) is 35.0. The maximum Gasteiger partial charge on any atom is 0.209 e. The standard InChI is InChI=1S/C52H36N6S2/c1-51(2)37-16-5-9-20-41(37)57(42-21-10-6-17-38(42)51)33-26-32(27-34(28-33)58-43-22-11-7-18-39(43)52(3,4)40-19-8-12-23-44(40)58)35-25-24-31-14-13-15-36-45(31)46(35)48-47(36)55-49(53-29-59)50(56-48)54-30-60/h5-28H,1-4H3. The highest BCUT2D eigenvalue weighted by molar-refractivity contribution is 7.78. The van der Waals surface area contributed by atoms with Crippen LogP contribution in [0.2, 0.25) is 0 Å². The lowest BCUT2D eigenvalue weighted by Gasteiger charge is -2.43.